The monoisotopic (exact) mass is 191 g/mol. The summed E-state index contributed by atoms with van der Waals surface area (Å²) in [7, 11) is 0. The minimum atomic E-state index is 0.201. The average Bonchev–Trinajstić information content (AvgIpc) is 2.15. The average molecular weight is 191 g/mol. The van der Waals surface area contributed by atoms with E-state index in [2.05, 4.69) is 43.0 Å². The molecule has 0 aromatic heterocycles. The van der Waals surface area contributed by atoms with Crippen LogP contribution in [0.5, 0.6) is 0 Å². The molecule has 0 saturated carbocycles. The molecule has 0 heterocycles. The van der Waals surface area contributed by atoms with E-state index < -0.39 is 0 Å². The fourth-order valence-electron chi connectivity index (χ4n) is 1.41. The summed E-state index contributed by atoms with van der Waals surface area (Å²) in [4.78, 5) is 13.1. The molecule has 0 unspecified atom stereocenters. The molecule has 0 aliphatic carbocycles. The first kappa shape index (κ1) is 10.8. The third-order valence-corrected chi connectivity index (χ3v) is 2.19. The molecule has 0 bridgehead atoms. The highest BCUT2D eigenvalue weighted by molar-refractivity contribution is 5.81. The van der Waals surface area contributed by atoms with Crippen molar-refractivity contribution in [1.82, 2.24) is 0 Å². The van der Waals surface area contributed by atoms with Crippen molar-refractivity contribution in [3.63, 3.8) is 0 Å². The lowest BCUT2D eigenvalue weighted by atomic mass is 10.2. The number of ketones is 1. The number of Topliss-reactive ketones (excluding diaryl/α,β-unsaturated/α-hetero) is 1. The number of rotatable bonds is 4. The molecule has 0 saturated heterocycles. The van der Waals surface area contributed by atoms with Crippen molar-refractivity contribution in [3.8, 4) is 0 Å². The van der Waals surface area contributed by atoms with Gasteiger partial charge in [0.2, 0.25) is 0 Å². The van der Waals surface area contributed by atoms with Gasteiger partial charge in [-0.3, -0.25) is 4.79 Å². The van der Waals surface area contributed by atoms with E-state index in [1.165, 1.54) is 5.56 Å². The Morgan fingerprint density at radius 3 is 2.29 bits per heavy atom. The number of aryl methyl sites for hydroxylation is 1. The summed E-state index contributed by atoms with van der Waals surface area (Å²) in [6.45, 7) is 7.10. The fraction of sp³-hybridized carbons (Fsp3) is 0.417. The predicted octanol–water partition coefficient (Wildman–Crippen LogP) is 2.41. The third kappa shape index (κ3) is 2.87. The lowest BCUT2D eigenvalue weighted by Crippen LogP contribution is -2.28. The lowest BCUT2D eigenvalue weighted by molar-refractivity contribution is -0.115. The minimum Gasteiger partial charge on any atom is -0.364 e. The Balaban J connectivity index is 2.78. The van der Waals surface area contributed by atoms with Crippen LogP contribution in [-0.2, 0) is 4.79 Å². The Kier molecular flexibility index (Phi) is 3.69. The van der Waals surface area contributed by atoms with E-state index in [-0.39, 0.29) is 5.78 Å². The van der Waals surface area contributed by atoms with Crippen molar-refractivity contribution in [2.45, 2.75) is 20.8 Å². The van der Waals surface area contributed by atoms with Crippen LogP contribution in [0.4, 0.5) is 5.69 Å². The van der Waals surface area contributed by atoms with Gasteiger partial charge in [0.1, 0.15) is 5.78 Å². The van der Waals surface area contributed by atoms with Crippen LogP contribution in [0.1, 0.15) is 19.4 Å². The molecule has 0 atom stereocenters. The molecular weight excluding hydrogens is 174 g/mol. The van der Waals surface area contributed by atoms with Crippen LogP contribution >= 0.6 is 0 Å². The number of anilines is 1. The highest BCUT2D eigenvalue weighted by Crippen LogP contribution is 2.14. The molecule has 2 heteroatoms. The van der Waals surface area contributed by atoms with Crippen molar-refractivity contribution >= 4 is 11.5 Å². The maximum Gasteiger partial charge on any atom is 0.149 e. The van der Waals surface area contributed by atoms with Gasteiger partial charge in [-0.15, -0.1) is 0 Å². The third-order valence-electron chi connectivity index (χ3n) is 2.19. The number of benzene rings is 1. The van der Waals surface area contributed by atoms with E-state index in [1.807, 2.05) is 0 Å². The zero-order chi connectivity index (χ0) is 10.6. The first-order valence-corrected chi connectivity index (χ1v) is 4.94. The van der Waals surface area contributed by atoms with Crippen LogP contribution in [0, 0.1) is 6.92 Å². The van der Waals surface area contributed by atoms with Gasteiger partial charge in [0, 0.05) is 12.2 Å². The van der Waals surface area contributed by atoms with Crippen LogP contribution in [0.2, 0.25) is 0 Å². The van der Waals surface area contributed by atoms with Crippen LogP contribution in [0.3, 0.4) is 0 Å². The molecular formula is C12H17NO. The maximum absolute atomic E-state index is 11.0. The molecule has 0 spiro atoms. The van der Waals surface area contributed by atoms with Gasteiger partial charge < -0.3 is 4.90 Å². The van der Waals surface area contributed by atoms with Gasteiger partial charge in [-0.25, -0.2) is 0 Å². The number of carbonyl (C=O) groups is 1. The predicted molar refractivity (Wildman–Crippen MR) is 59.7 cm³/mol. The van der Waals surface area contributed by atoms with E-state index in [0.717, 1.165) is 12.2 Å². The zero-order valence-electron chi connectivity index (χ0n) is 9.08. The van der Waals surface area contributed by atoms with Gasteiger partial charge in [-0.2, -0.15) is 0 Å². The summed E-state index contributed by atoms with van der Waals surface area (Å²) in [5.74, 6) is 0.201. The van der Waals surface area contributed by atoms with Crippen molar-refractivity contribution in [2.24, 2.45) is 0 Å². The molecule has 2 nitrogen and oxygen atoms in total. The smallest absolute Gasteiger partial charge is 0.149 e. The van der Waals surface area contributed by atoms with Gasteiger partial charge in [0.25, 0.3) is 0 Å². The summed E-state index contributed by atoms with van der Waals surface area (Å²) in [6.07, 6.45) is 0. The molecule has 0 amide bonds. The van der Waals surface area contributed by atoms with E-state index in [4.69, 9.17) is 0 Å². The van der Waals surface area contributed by atoms with Crippen molar-refractivity contribution < 1.29 is 4.79 Å². The van der Waals surface area contributed by atoms with E-state index >= 15 is 0 Å². The number of likely N-dealkylation sites (N-methyl/N-ethyl adjacent to an activating group) is 1. The number of hydrogen-bond acceptors (Lipinski definition) is 2. The Hall–Kier alpha value is -1.31. The summed E-state index contributed by atoms with van der Waals surface area (Å²) in [5.41, 5.74) is 2.36. The molecule has 14 heavy (non-hydrogen) atoms. The van der Waals surface area contributed by atoms with Crippen LogP contribution in [-0.4, -0.2) is 18.9 Å². The first-order chi connectivity index (χ1) is 6.63. The summed E-state index contributed by atoms with van der Waals surface area (Å²) in [5, 5.41) is 0. The fourth-order valence-corrected chi connectivity index (χ4v) is 1.41. The van der Waals surface area contributed by atoms with Crippen molar-refractivity contribution in [3.05, 3.63) is 29.8 Å². The van der Waals surface area contributed by atoms with Gasteiger partial charge in [0.05, 0.1) is 6.54 Å². The van der Waals surface area contributed by atoms with Crippen molar-refractivity contribution in [1.29, 1.82) is 0 Å². The first-order valence-electron chi connectivity index (χ1n) is 4.94. The van der Waals surface area contributed by atoms with Gasteiger partial charge in [-0.05, 0) is 32.9 Å². The van der Waals surface area contributed by atoms with E-state index in [9.17, 15) is 4.79 Å². The molecule has 76 valence electrons. The number of carbonyl (C=O) groups excluding carboxylic acids is 1. The van der Waals surface area contributed by atoms with Crippen molar-refractivity contribution in [2.75, 3.05) is 18.0 Å². The standard InChI is InChI=1S/C12H17NO/c1-4-13(9-11(3)14)12-7-5-10(2)6-8-12/h5-8H,4,9H2,1-3H3. The molecule has 0 radical (unpaired) electrons. The molecule has 1 rings (SSSR count). The van der Waals surface area contributed by atoms with Crippen LogP contribution in [0.15, 0.2) is 24.3 Å². The van der Waals surface area contributed by atoms with Gasteiger partial charge >= 0.3 is 0 Å². The minimum absolute atomic E-state index is 0.201. The van der Waals surface area contributed by atoms with Crippen LogP contribution < -0.4 is 4.90 Å². The quantitative estimate of drug-likeness (QED) is 0.728. The Bertz CT molecular complexity index is 303. The van der Waals surface area contributed by atoms with Gasteiger partial charge in [0.15, 0.2) is 0 Å². The Labute approximate surface area is 85.5 Å². The highest BCUT2D eigenvalue weighted by atomic mass is 16.1. The Morgan fingerprint density at radius 1 is 1.29 bits per heavy atom. The largest absolute Gasteiger partial charge is 0.364 e. The van der Waals surface area contributed by atoms with E-state index in [1.54, 1.807) is 6.92 Å². The second-order valence-corrected chi connectivity index (χ2v) is 3.55. The number of hydrogen-bond donors (Lipinski definition) is 0. The lowest BCUT2D eigenvalue weighted by Gasteiger charge is -2.21. The molecule has 0 aliphatic rings. The molecule has 0 N–H and O–H groups in total. The summed E-state index contributed by atoms with van der Waals surface area (Å²) >= 11 is 0. The normalized spacial score (nSPS) is 9.93. The summed E-state index contributed by atoms with van der Waals surface area (Å²) in [6, 6.07) is 8.25. The molecule has 1 aromatic carbocycles. The maximum atomic E-state index is 11.0. The molecule has 0 aliphatic heterocycles. The second kappa shape index (κ2) is 4.80. The molecule has 1 aromatic rings. The van der Waals surface area contributed by atoms with E-state index in [0.29, 0.717) is 6.54 Å². The van der Waals surface area contributed by atoms with Crippen LogP contribution in [0.25, 0.3) is 0 Å². The second-order valence-electron chi connectivity index (χ2n) is 3.55. The van der Waals surface area contributed by atoms with Gasteiger partial charge in [-0.1, -0.05) is 17.7 Å². The zero-order valence-corrected chi connectivity index (χ0v) is 9.08. The molecule has 0 fully saturated rings. The Morgan fingerprint density at radius 2 is 1.86 bits per heavy atom. The highest BCUT2D eigenvalue weighted by Gasteiger charge is 2.05. The topological polar surface area (TPSA) is 20.3 Å². The SMILES string of the molecule is CCN(CC(C)=O)c1ccc(C)cc1. The number of nitrogens with zero attached hydrogens (tertiary/aromatic N) is 1. The summed E-state index contributed by atoms with van der Waals surface area (Å²) < 4.78 is 0.